The van der Waals surface area contributed by atoms with Crippen LogP contribution >= 0.6 is 0 Å². The highest BCUT2D eigenvalue weighted by Crippen LogP contribution is 2.27. The molecule has 0 saturated heterocycles. The summed E-state index contributed by atoms with van der Waals surface area (Å²) >= 11 is 0. The van der Waals surface area contributed by atoms with Crippen molar-refractivity contribution in [1.82, 2.24) is 0 Å². The topological polar surface area (TPSA) is 102 Å². The Balaban J connectivity index is 2.33. The Kier molecular flexibility index (Phi) is 3.53. The Morgan fingerprint density at radius 3 is 2.60 bits per heavy atom. The second kappa shape index (κ2) is 5.28. The van der Waals surface area contributed by atoms with Crippen molar-refractivity contribution in [1.29, 1.82) is 5.26 Å². The number of carbonyl (C=O) groups excluding carboxylic acids is 1. The Morgan fingerprint density at radius 1 is 1.25 bits per heavy atom. The molecule has 2 aromatic carbocycles. The monoisotopic (exact) mass is 271 g/mol. The smallest absolute Gasteiger partial charge is 0.250 e. The van der Waals surface area contributed by atoms with Gasteiger partial charge in [-0.05, 0) is 36.4 Å². The van der Waals surface area contributed by atoms with E-state index >= 15 is 0 Å². The summed E-state index contributed by atoms with van der Waals surface area (Å²) in [6, 6.07) is 9.88. The Hall–Kier alpha value is -3.07. The van der Waals surface area contributed by atoms with E-state index in [0.717, 1.165) is 6.07 Å². The number of ether oxygens (including phenoxy) is 1. The number of amides is 1. The first-order chi connectivity index (χ1) is 9.51. The molecule has 0 saturated carbocycles. The Morgan fingerprint density at radius 2 is 2.00 bits per heavy atom. The summed E-state index contributed by atoms with van der Waals surface area (Å²) in [6.45, 7) is 0. The maximum Gasteiger partial charge on any atom is 0.250 e. The first kappa shape index (κ1) is 13.4. The van der Waals surface area contributed by atoms with Gasteiger partial charge in [0.25, 0.3) is 5.91 Å². The van der Waals surface area contributed by atoms with Gasteiger partial charge in [0.2, 0.25) is 0 Å². The number of halogens is 1. The molecule has 0 fully saturated rings. The third-order valence-corrected chi connectivity index (χ3v) is 2.58. The number of rotatable bonds is 3. The fraction of sp³-hybridized carbons (Fsp3) is 0. The van der Waals surface area contributed by atoms with Crippen LogP contribution in [0.15, 0.2) is 36.4 Å². The molecule has 2 rings (SSSR count). The molecule has 4 N–H and O–H groups in total. The van der Waals surface area contributed by atoms with Gasteiger partial charge in [-0.25, -0.2) is 4.39 Å². The number of primary amides is 1. The third-order valence-electron chi connectivity index (χ3n) is 2.58. The highest BCUT2D eigenvalue weighted by atomic mass is 19.1. The first-order valence-electron chi connectivity index (χ1n) is 5.58. The summed E-state index contributed by atoms with van der Waals surface area (Å²) < 4.78 is 19.0. The molecule has 0 aromatic heterocycles. The van der Waals surface area contributed by atoms with Gasteiger partial charge in [-0.1, -0.05) is 0 Å². The molecule has 5 nitrogen and oxygen atoms in total. The molecule has 0 bridgehead atoms. The molecule has 0 aliphatic heterocycles. The quantitative estimate of drug-likeness (QED) is 0.835. The number of nitrogens with zero attached hydrogens (tertiary/aromatic N) is 1. The van der Waals surface area contributed by atoms with E-state index < -0.39 is 11.7 Å². The van der Waals surface area contributed by atoms with E-state index in [1.165, 1.54) is 30.3 Å². The van der Waals surface area contributed by atoms with Gasteiger partial charge in [0, 0.05) is 5.69 Å². The van der Waals surface area contributed by atoms with E-state index in [1.54, 1.807) is 0 Å². The van der Waals surface area contributed by atoms with Crippen LogP contribution in [-0.4, -0.2) is 5.91 Å². The fourth-order valence-electron chi connectivity index (χ4n) is 1.59. The van der Waals surface area contributed by atoms with Crippen LogP contribution in [0, 0.1) is 17.1 Å². The minimum Gasteiger partial charge on any atom is -0.454 e. The normalized spacial score (nSPS) is 9.80. The van der Waals surface area contributed by atoms with Crippen molar-refractivity contribution in [2.24, 2.45) is 5.73 Å². The largest absolute Gasteiger partial charge is 0.454 e. The summed E-state index contributed by atoms with van der Waals surface area (Å²) in [7, 11) is 0. The summed E-state index contributed by atoms with van der Waals surface area (Å²) in [5.41, 5.74) is 11.2. The molecule has 0 unspecified atom stereocenters. The summed E-state index contributed by atoms with van der Waals surface area (Å²) in [4.78, 5) is 11.2. The van der Waals surface area contributed by atoms with Crippen LogP contribution in [0.4, 0.5) is 10.1 Å². The van der Waals surface area contributed by atoms with Crippen molar-refractivity contribution in [3.63, 3.8) is 0 Å². The number of nitriles is 1. The number of hydrogen-bond acceptors (Lipinski definition) is 4. The van der Waals surface area contributed by atoms with Crippen molar-refractivity contribution >= 4 is 11.6 Å². The van der Waals surface area contributed by atoms with Gasteiger partial charge in [0.05, 0.1) is 17.2 Å². The number of hydrogen-bond donors (Lipinski definition) is 2. The highest BCUT2D eigenvalue weighted by Gasteiger charge is 2.10. The molecule has 100 valence electrons. The van der Waals surface area contributed by atoms with E-state index in [4.69, 9.17) is 21.5 Å². The van der Waals surface area contributed by atoms with Crippen LogP contribution in [0.1, 0.15) is 15.9 Å². The van der Waals surface area contributed by atoms with Crippen molar-refractivity contribution in [3.05, 3.63) is 53.3 Å². The van der Waals surface area contributed by atoms with Crippen molar-refractivity contribution < 1.29 is 13.9 Å². The molecular weight excluding hydrogens is 261 g/mol. The molecule has 0 aliphatic carbocycles. The fourth-order valence-corrected chi connectivity index (χ4v) is 1.59. The van der Waals surface area contributed by atoms with Crippen LogP contribution in [-0.2, 0) is 0 Å². The zero-order valence-corrected chi connectivity index (χ0v) is 10.3. The minimum atomic E-state index is -0.701. The van der Waals surface area contributed by atoms with Crippen LogP contribution in [0.5, 0.6) is 11.5 Å². The summed E-state index contributed by atoms with van der Waals surface area (Å²) in [6.07, 6.45) is 0. The average Bonchev–Trinajstić information content (AvgIpc) is 2.42. The van der Waals surface area contributed by atoms with Crippen molar-refractivity contribution in [3.8, 4) is 17.6 Å². The molecule has 6 heteroatoms. The Labute approximate surface area is 114 Å². The number of nitrogen functional groups attached to an aromatic ring is 1. The zero-order chi connectivity index (χ0) is 14.7. The zero-order valence-electron chi connectivity index (χ0n) is 10.3. The first-order valence-corrected chi connectivity index (χ1v) is 5.58. The van der Waals surface area contributed by atoms with Gasteiger partial charge in [0.15, 0.2) is 11.6 Å². The number of benzene rings is 2. The van der Waals surface area contributed by atoms with E-state index in [9.17, 15) is 9.18 Å². The SMILES string of the molecule is N#Cc1ccc(Oc2ccc(N)c(C(N)=O)c2)c(F)c1. The molecule has 0 atom stereocenters. The number of anilines is 1. The van der Waals surface area contributed by atoms with Gasteiger partial charge in [-0.2, -0.15) is 5.26 Å². The molecule has 0 radical (unpaired) electrons. The Bertz CT molecular complexity index is 723. The lowest BCUT2D eigenvalue weighted by molar-refractivity contribution is 0.100. The van der Waals surface area contributed by atoms with E-state index in [1.807, 2.05) is 6.07 Å². The second-order valence-electron chi connectivity index (χ2n) is 3.97. The molecule has 0 heterocycles. The summed E-state index contributed by atoms with van der Waals surface area (Å²) in [5, 5.41) is 8.65. The molecule has 2 aromatic rings. The summed E-state index contributed by atoms with van der Waals surface area (Å²) in [5.74, 6) is -1.23. The average molecular weight is 271 g/mol. The van der Waals surface area contributed by atoms with Crippen molar-refractivity contribution in [2.45, 2.75) is 0 Å². The lowest BCUT2D eigenvalue weighted by Crippen LogP contribution is -2.13. The van der Waals surface area contributed by atoms with E-state index in [-0.39, 0.29) is 28.3 Å². The maximum atomic E-state index is 13.7. The lowest BCUT2D eigenvalue weighted by Gasteiger charge is -2.09. The van der Waals surface area contributed by atoms with Crippen LogP contribution in [0.3, 0.4) is 0 Å². The predicted molar refractivity (Wildman–Crippen MR) is 70.6 cm³/mol. The van der Waals surface area contributed by atoms with Crippen LogP contribution < -0.4 is 16.2 Å². The molecule has 0 spiro atoms. The predicted octanol–water partition coefficient (Wildman–Crippen LogP) is 2.17. The van der Waals surface area contributed by atoms with Gasteiger partial charge in [-0.15, -0.1) is 0 Å². The van der Waals surface area contributed by atoms with Crippen LogP contribution in [0.2, 0.25) is 0 Å². The van der Waals surface area contributed by atoms with Gasteiger partial charge < -0.3 is 16.2 Å². The number of carbonyl (C=O) groups is 1. The van der Waals surface area contributed by atoms with E-state index in [2.05, 4.69) is 0 Å². The maximum absolute atomic E-state index is 13.7. The number of nitrogens with two attached hydrogens (primary N) is 2. The highest BCUT2D eigenvalue weighted by molar-refractivity contribution is 5.98. The molecular formula is C14H10FN3O2. The minimum absolute atomic E-state index is 0.0656. The molecule has 0 aliphatic rings. The standard InChI is InChI=1S/C14H10FN3O2/c15-11-5-8(7-16)1-4-13(11)20-9-2-3-12(17)10(6-9)14(18)19/h1-6H,17H2,(H2,18,19). The van der Waals surface area contributed by atoms with Gasteiger partial charge in [-0.3, -0.25) is 4.79 Å². The van der Waals surface area contributed by atoms with E-state index in [0.29, 0.717) is 0 Å². The lowest BCUT2D eigenvalue weighted by atomic mass is 10.1. The molecule has 20 heavy (non-hydrogen) atoms. The second-order valence-corrected chi connectivity index (χ2v) is 3.97. The van der Waals surface area contributed by atoms with Crippen molar-refractivity contribution in [2.75, 3.05) is 5.73 Å². The molecule has 1 amide bonds. The third kappa shape index (κ3) is 2.67. The van der Waals surface area contributed by atoms with Gasteiger partial charge in [0.1, 0.15) is 5.75 Å². The van der Waals surface area contributed by atoms with Gasteiger partial charge >= 0.3 is 0 Å². The van der Waals surface area contributed by atoms with Crippen LogP contribution in [0.25, 0.3) is 0 Å².